The number of ether oxygens (including phenoxy) is 1. The van der Waals surface area contributed by atoms with Gasteiger partial charge in [0.1, 0.15) is 0 Å². The zero-order valence-electron chi connectivity index (χ0n) is 10.9. The molecule has 6 heteroatoms. The van der Waals surface area contributed by atoms with Crippen LogP contribution in [-0.4, -0.2) is 60.8 Å². The number of carboxylic acid groups (broad SMARTS) is 1. The van der Waals surface area contributed by atoms with Crippen LogP contribution in [0.5, 0.6) is 0 Å². The normalized spacial score (nSPS) is 20.6. The second-order valence-corrected chi connectivity index (χ2v) is 4.53. The minimum atomic E-state index is -0.866. The SMILES string of the molecule is CCCCNC(=O)CN1CCOC(CC(=O)O)C1. The number of carbonyl (C=O) groups excluding carboxylic acids is 1. The molecular weight excluding hydrogens is 236 g/mol. The van der Waals surface area contributed by atoms with Crippen molar-refractivity contribution in [1.29, 1.82) is 0 Å². The first kappa shape index (κ1) is 14.9. The van der Waals surface area contributed by atoms with Crippen LogP contribution in [-0.2, 0) is 14.3 Å². The molecule has 1 amide bonds. The molecule has 0 radical (unpaired) electrons. The fraction of sp³-hybridized carbons (Fsp3) is 0.833. The lowest BCUT2D eigenvalue weighted by molar-refractivity contribution is -0.142. The Bertz CT molecular complexity index is 283. The van der Waals surface area contributed by atoms with Gasteiger partial charge in [0.2, 0.25) is 5.91 Å². The van der Waals surface area contributed by atoms with Crippen LogP contribution >= 0.6 is 0 Å². The van der Waals surface area contributed by atoms with Gasteiger partial charge in [-0.05, 0) is 6.42 Å². The Hall–Kier alpha value is -1.14. The van der Waals surface area contributed by atoms with E-state index in [0.29, 0.717) is 32.8 Å². The van der Waals surface area contributed by atoms with E-state index in [0.717, 1.165) is 12.8 Å². The van der Waals surface area contributed by atoms with Gasteiger partial charge in [-0.2, -0.15) is 0 Å². The summed E-state index contributed by atoms with van der Waals surface area (Å²) in [5, 5.41) is 11.5. The lowest BCUT2D eigenvalue weighted by Crippen LogP contribution is -2.47. The van der Waals surface area contributed by atoms with E-state index in [1.165, 1.54) is 0 Å². The minimum absolute atomic E-state index is 0.000532. The van der Waals surface area contributed by atoms with Crippen molar-refractivity contribution in [1.82, 2.24) is 10.2 Å². The number of carboxylic acids is 1. The van der Waals surface area contributed by atoms with Gasteiger partial charge in [-0.3, -0.25) is 14.5 Å². The van der Waals surface area contributed by atoms with Crippen molar-refractivity contribution in [3.63, 3.8) is 0 Å². The summed E-state index contributed by atoms with van der Waals surface area (Å²) in [7, 11) is 0. The molecule has 1 saturated heterocycles. The predicted octanol–water partition coefficient (Wildman–Crippen LogP) is 0.0782. The summed E-state index contributed by atoms with van der Waals surface area (Å²) < 4.78 is 5.34. The van der Waals surface area contributed by atoms with Crippen LogP contribution in [0, 0.1) is 0 Å². The fourth-order valence-electron chi connectivity index (χ4n) is 1.91. The highest BCUT2D eigenvalue weighted by molar-refractivity contribution is 5.78. The molecule has 0 aromatic heterocycles. The molecule has 0 bridgehead atoms. The molecule has 2 N–H and O–H groups in total. The highest BCUT2D eigenvalue weighted by Crippen LogP contribution is 2.08. The number of nitrogens with zero attached hydrogens (tertiary/aromatic N) is 1. The first-order valence-corrected chi connectivity index (χ1v) is 6.44. The van der Waals surface area contributed by atoms with Crippen LogP contribution in [0.3, 0.4) is 0 Å². The monoisotopic (exact) mass is 258 g/mol. The topological polar surface area (TPSA) is 78.9 Å². The van der Waals surface area contributed by atoms with Gasteiger partial charge in [-0.1, -0.05) is 13.3 Å². The summed E-state index contributed by atoms with van der Waals surface area (Å²) in [4.78, 5) is 24.1. The second kappa shape index (κ2) is 8.05. The molecule has 1 rings (SSSR count). The van der Waals surface area contributed by atoms with Crippen molar-refractivity contribution in [3.8, 4) is 0 Å². The molecule has 6 nitrogen and oxygen atoms in total. The van der Waals surface area contributed by atoms with Crippen molar-refractivity contribution >= 4 is 11.9 Å². The molecule has 1 unspecified atom stereocenters. The third-order valence-corrected chi connectivity index (χ3v) is 2.84. The molecule has 0 aromatic rings. The van der Waals surface area contributed by atoms with Crippen LogP contribution in [0.15, 0.2) is 0 Å². The molecule has 18 heavy (non-hydrogen) atoms. The molecule has 0 spiro atoms. The molecule has 1 heterocycles. The molecular formula is C12H22N2O4. The van der Waals surface area contributed by atoms with Crippen LogP contribution < -0.4 is 5.32 Å². The molecule has 0 saturated carbocycles. The number of hydrogen-bond donors (Lipinski definition) is 2. The molecule has 0 aromatic carbocycles. The fourth-order valence-corrected chi connectivity index (χ4v) is 1.91. The van der Waals surface area contributed by atoms with Crippen LogP contribution in [0.25, 0.3) is 0 Å². The number of aliphatic carboxylic acids is 1. The summed E-state index contributed by atoms with van der Waals surface area (Å²) in [6.07, 6.45) is 1.72. The number of rotatable bonds is 7. The molecule has 0 aliphatic carbocycles. The van der Waals surface area contributed by atoms with Crippen molar-refractivity contribution < 1.29 is 19.4 Å². The van der Waals surface area contributed by atoms with Crippen molar-refractivity contribution in [3.05, 3.63) is 0 Å². The Kier molecular flexibility index (Phi) is 6.67. The predicted molar refractivity (Wildman–Crippen MR) is 66.4 cm³/mol. The Balaban J connectivity index is 2.24. The van der Waals surface area contributed by atoms with Crippen molar-refractivity contribution in [2.24, 2.45) is 0 Å². The Morgan fingerprint density at radius 2 is 2.28 bits per heavy atom. The summed E-state index contributed by atoms with van der Waals surface area (Å²) in [6, 6.07) is 0. The minimum Gasteiger partial charge on any atom is -0.481 e. The summed E-state index contributed by atoms with van der Waals surface area (Å²) in [5.41, 5.74) is 0. The Morgan fingerprint density at radius 3 is 2.94 bits per heavy atom. The van der Waals surface area contributed by atoms with Gasteiger partial charge in [0.15, 0.2) is 0 Å². The quantitative estimate of drug-likeness (QED) is 0.632. The van der Waals surface area contributed by atoms with Gasteiger partial charge in [-0.15, -0.1) is 0 Å². The van der Waals surface area contributed by atoms with Gasteiger partial charge >= 0.3 is 5.97 Å². The van der Waals surface area contributed by atoms with E-state index in [2.05, 4.69) is 12.2 Å². The number of morpholine rings is 1. The van der Waals surface area contributed by atoms with E-state index in [9.17, 15) is 9.59 Å². The van der Waals surface area contributed by atoms with Gasteiger partial charge in [0.05, 0.1) is 25.7 Å². The van der Waals surface area contributed by atoms with E-state index in [1.807, 2.05) is 4.90 Å². The number of unbranched alkanes of at least 4 members (excludes halogenated alkanes) is 1. The van der Waals surface area contributed by atoms with E-state index in [4.69, 9.17) is 9.84 Å². The maximum atomic E-state index is 11.6. The number of amides is 1. The lowest BCUT2D eigenvalue weighted by Gasteiger charge is -2.31. The zero-order chi connectivity index (χ0) is 13.4. The van der Waals surface area contributed by atoms with Crippen molar-refractivity contribution in [2.75, 3.05) is 32.8 Å². The molecule has 1 aliphatic heterocycles. The first-order valence-electron chi connectivity index (χ1n) is 6.44. The zero-order valence-corrected chi connectivity index (χ0v) is 10.9. The molecule has 104 valence electrons. The smallest absolute Gasteiger partial charge is 0.306 e. The molecule has 1 aliphatic rings. The van der Waals surface area contributed by atoms with Crippen LogP contribution in [0.4, 0.5) is 0 Å². The summed E-state index contributed by atoms with van der Waals surface area (Å²) in [6.45, 7) is 4.77. The average Bonchev–Trinajstić information content (AvgIpc) is 2.28. The van der Waals surface area contributed by atoms with E-state index in [1.54, 1.807) is 0 Å². The van der Waals surface area contributed by atoms with Gasteiger partial charge in [-0.25, -0.2) is 0 Å². The molecule has 1 fully saturated rings. The maximum absolute atomic E-state index is 11.6. The van der Waals surface area contributed by atoms with Gasteiger partial charge in [0.25, 0.3) is 0 Å². The number of carbonyl (C=O) groups is 2. The van der Waals surface area contributed by atoms with Gasteiger partial charge in [0, 0.05) is 19.6 Å². The highest BCUT2D eigenvalue weighted by Gasteiger charge is 2.23. The standard InChI is InChI=1S/C12H22N2O4/c1-2-3-4-13-11(15)9-14-5-6-18-10(8-14)7-12(16)17/h10H,2-9H2,1H3,(H,13,15)(H,16,17). The largest absolute Gasteiger partial charge is 0.481 e. The summed E-state index contributed by atoms with van der Waals surface area (Å²) >= 11 is 0. The first-order chi connectivity index (χ1) is 8.61. The van der Waals surface area contributed by atoms with E-state index >= 15 is 0 Å². The van der Waals surface area contributed by atoms with Gasteiger partial charge < -0.3 is 15.2 Å². The van der Waals surface area contributed by atoms with E-state index < -0.39 is 5.97 Å². The number of nitrogens with one attached hydrogen (secondary N) is 1. The third-order valence-electron chi connectivity index (χ3n) is 2.84. The lowest BCUT2D eigenvalue weighted by atomic mass is 10.2. The molecule has 1 atom stereocenters. The van der Waals surface area contributed by atoms with Crippen LogP contribution in [0.1, 0.15) is 26.2 Å². The highest BCUT2D eigenvalue weighted by atomic mass is 16.5. The summed E-state index contributed by atoms with van der Waals surface area (Å²) in [5.74, 6) is -0.867. The van der Waals surface area contributed by atoms with E-state index in [-0.39, 0.29) is 18.4 Å². The third kappa shape index (κ3) is 5.97. The van der Waals surface area contributed by atoms with Crippen molar-refractivity contribution in [2.45, 2.75) is 32.3 Å². The van der Waals surface area contributed by atoms with Crippen LogP contribution in [0.2, 0.25) is 0 Å². The Labute approximate surface area is 107 Å². The number of hydrogen-bond acceptors (Lipinski definition) is 4. The Morgan fingerprint density at radius 1 is 1.50 bits per heavy atom. The maximum Gasteiger partial charge on any atom is 0.306 e. The second-order valence-electron chi connectivity index (χ2n) is 4.53. The average molecular weight is 258 g/mol.